The summed E-state index contributed by atoms with van der Waals surface area (Å²) in [4.78, 5) is 14.6. The molecule has 0 aliphatic carbocycles. The molecule has 2 saturated heterocycles. The molecule has 2 aromatic rings. The number of carbonyl (C=O) groups is 1. The maximum absolute atomic E-state index is 13.0. The second-order valence-corrected chi connectivity index (χ2v) is 8.17. The number of piperidine rings is 1. The molecule has 4 rings (SSSR count). The first-order chi connectivity index (χ1) is 13.0. The maximum Gasteiger partial charge on any atom is 0.276 e. The molecule has 1 amide bonds. The zero-order valence-electron chi connectivity index (χ0n) is 15.6. The molecular weight excluding hydrogens is 347 g/mol. The van der Waals surface area contributed by atoms with Gasteiger partial charge in [0.2, 0.25) is 0 Å². The first-order valence-corrected chi connectivity index (χ1v) is 9.52. The summed E-state index contributed by atoms with van der Waals surface area (Å²) >= 11 is 0. The van der Waals surface area contributed by atoms with Gasteiger partial charge in [0.1, 0.15) is 5.82 Å². The van der Waals surface area contributed by atoms with E-state index in [4.69, 9.17) is 4.74 Å². The van der Waals surface area contributed by atoms with E-state index in [0.29, 0.717) is 18.2 Å². The summed E-state index contributed by atoms with van der Waals surface area (Å²) in [6.07, 6.45) is 4.58. The first kappa shape index (κ1) is 18.1. The van der Waals surface area contributed by atoms with Gasteiger partial charge in [0.25, 0.3) is 5.91 Å². The summed E-state index contributed by atoms with van der Waals surface area (Å²) in [5.74, 6) is 0.274. The summed E-state index contributed by atoms with van der Waals surface area (Å²) in [7, 11) is 0. The summed E-state index contributed by atoms with van der Waals surface area (Å²) in [6.45, 7) is 5.75. The summed E-state index contributed by atoms with van der Waals surface area (Å²) in [5, 5.41) is 8.18. The Morgan fingerprint density at radius 3 is 2.59 bits per heavy atom. The lowest BCUT2D eigenvalue weighted by atomic mass is 9.89. The van der Waals surface area contributed by atoms with Gasteiger partial charge in [-0.1, -0.05) is 24.3 Å². The SMILES string of the molecule is CC1(Cn2cc(C(=O)N3CCC(Cc4ccc(F)cc4)CC3)nn2)COC1. The van der Waals surface area contributed by atoms with E-state index in [-0.39, 0.29) is 17.1 Å². The highest BCUT2D eigenvalue weighted by atomic mass is 19.1. The van der Waals surface area contributed by atoms with Crippen LogP contribution in [0.4, 0.5) is 4.39 Å². The number of ether oxygens (including phenoxy) is 1. The van der Waals surface area contributed by atoms with Crippen molar-refractivity contribution in [2.45, 2.75) is 32.7 Å². The summed E-state index contributed by atoms with van der Waals surface area (Å²) < 4.78 is 20.0. The molecule has 0 bridgehead atoms. The van der Waals surface area contributed by atoms with Crippen molar-refractivity contribution in [1.82, 2.24) is 19.9 Å². The minimum atomic E-state index is -0.203. The van der Waals surface area contributed by atoms with Crippen molar-refractivity contribution < 1.29 is 13.9 Å². The lowest BCUT2D eigenvalue weighted by Gasteiger charge is -2.37. The van der Waals surface area contributed by atoms with Crippen molar-refractivity contribution in [2.24, 2.45) is 11.3 Å². The quantitative estimate of drug-likeness (QED) is 0.809. The van der Waals surface area contributed by atoms with E-state index >= 15 is 0 Å². The van der Waals surface area contributed by atoms with Crippen LogP contribution in [0.2, 0.25) is 0 Å². The van der Waals surface area contributed by atoms with Gasteiger partial charge >= 0.3 is 0 Å². The normalized spacial score (nSPS) is 19.7. The van der Waals surface area contributed by atoms with E-state index < -0.39 is 0 Å². The molecule has 3 heterocycles. The van der Waals surface area contributed by atoms with Crippen LogP contribution in [-0.2, 0) is 17.7 Å². The fraction of sp³-hybridized carbons (Fsp3) is 0.550. The molecule has 1 aromatic carbocycles. The van der Waals surface area contributed by atoms with E-state index in [1.54, 1.807) is 10.9 Å². The fourth-order valence-electron chi connectivity index (χ4n) is 3.86. The predicted molar refractivity (Wildman–Crippen MR) is 97.7 cm³/mol. The number of halogens is 1. The van der Waals surface area contributed by atoms with Crippen molar-refractivity contribution in [2.75, 3.05) is 26.3 Å². The Bertz CT molecular complexity index is 793. The number of hydrogen-bond acceptors (Lipinski definition) is 4. The van der Waals surface area contributed by atoms with Crippen molar-refractivity contribution in [3.05, 3.63) is 47.5 Å². The number of amides is 1. The van der Waals surface area contributed by atoms with Gasteiger partial charge in [0.05, 0.1) is 26.0 Å². The minimum Gasteiger partial charge on any atom is -0.380 e. The van der Waals surface area contributed by atoms with E-state index in [1.165, 1.54) is 12.1 Å². The zero-order chi connectivity index (χ0) is 18.9. The second kappa shape index (κ2) is 7.38. The summed E-state index contributed by atoms with van der Waals surface area (Å²) in [6, 6.07) is 6.71. The predicted octanol–water partition coefficient (Wildman–Crippen LogP) is 2.55. The third kappa shape index (κ3) is 4.18. The van der Waals surface area contributed by atoms with Gasteiger partial charge in [0.15, 0.2) is 5.69 Å². The maximum atomic E-state index is 13.0. The number of hydrogen-bond donors (Lipinski definition) is 0. The Labute approximate surface area is 158 Å². The number of likely N-dealkylation sites (tertiary alicyclic amines) is 1. The Morgan fingerprint density at radius 2 is 1.96 bits per heavy atom. The van der Waals surface area contributed by atoms with Crippen LogP contribution in [0.15, 0.2) is 30.5 Å². The van der Waals surface area contributed by atoms with Crippen molar-refractivity contribution in [3.8, 4) is 0 Å². The molecular formula is C20H25FN4O2. The van der Waals surface area contributed by atoms with Crippen LogP contribution in [0.5, 0.6) is 0 Å². The zero-order valence-corrected chi connectivity index (χ0v) is 15.6. The third-order valence-electron chi connectivity index (χ3n) is 5.54. The Balaban J connectivity index is 1.29. The number of rotatable bonds is 5. The molecule has 0 radical (unpaired) electrons. The fourth-order valence-corrected chi connectivity index (χ4v) is 3.86. The molecule has 0 N–H and O–H groups in total. The molecule has 2 fully saturated rings. The lowest BCUT2D eigenvalue weighted by molar-refractivity contribution is -0.111. The van der Waals surface area contributed by atoms with Crippen molar-refractivity contribution >= 4 is 5.91 Å². The molecule has 27 heavy (non-hydrogen) atoms. The van der Waals surface area contributed by atoms with Crippen LogP contribution < -0.4 is 0 Å². The van der Waals surface area contributed by atoms with Gasteiger partial charge < -0.3 is 9.64 Å². The average Bonchev–Trinajstić information content (AvgIpc) is 3.11. The average molecular weight is 372 g/mol. The Kier molecular flexibility index (Phi) is 4.95. The van der Waals surface area contributed by atoms with Gasteiger partial charge in [-0.05, 0) is 42.9 Å². The number of carbonyl (C=O) groups excluding carboxylic acids is 1. The Morgan fingerprint density at radius 1 is 1.26 bits per heavy atom. The smallest absolute Gasteiger partial charge is 0.276 e. The standard InChI is InChI=1S/C20H25FN4O2/c1-20(13-27-14-20)12-25-11-18(22-23-25)19(26)24-8-6-16(7-9-24)10-15-2-4-17(21)5-3-15/h2-5,11,16H,6-10,12-14H2,1H3. The van der Waals surface area contributed by atoms with Gasteiger partial charge in [-0.2, -0.15) is 0 Å². The minimum absolute atomic E-state index is 0.0449. The highest BCUT2D eigenvalue weighted by molar-refractivity contribution is 5.91. The van der Waals surface area contributed by atoms with Crippen molar-refractivity contribution in [1.29, 1.82) is 0 Å². The molecule has 2 aliphatic rings. The van der Waals surface area contributed by atoms with Crippen LogP contribution in [0.3, 0.4) is 0 Å². The molecule has 0 unspecified atom stereocenters. The van der Waals surface area contributed by atoms with E-state index in [1.807, 2.05) is 17.0 Å². The van der Waals surface area contributed by atoms with Gasteiger partial charge in [0, 0.05) is 18.5 Å². The van der Waals surface area contributed by atoms with Crippen LogP contribution >= 0.6 is 0 Å². The van der Waals surface area contributed by atoms with Crippen LogP contribution in [0.25, 0.3) is 0 Å². The molecule has 1 aromatic heterocycles. The molecule has 144 valence electrons. The number of nitrogens with zero attached hydrogens (tertiary/aromatic N) is 4. The number of benzene rings is 1. The molecule has 6 nitrogen and oxygen atoms in total. The monoisotopic (exact) mass is 372 g/mol. The third-order valence-corrected chi connectivity index (χ3v) is 5.54. The number of aromatic nitrogens is 3. The van der Waals surface area contributed by atoms with E-state index in [2.05, 4.69) is 17.2 Å². The van der Waals surface area contributed by atoms with Crippen LogP contribution in [-0.4, -0.2) is 52.1 Å². The van der Waals surface area contributed by atoms with Gasteiger partial charge in [-0.25, -0.2) is 4.39 Å². The van der Waals surface area contributed by atoms with E-state index in [0.717, 1.165) is 51.1 Å². The van der Waals surface area contributed by atoms with Gasteiger partial charge in [-0.15, -0.1) is 5.10 Å². The largest absolute Gasteiger partial charge is 0.380 e. The topological polar surface area (TPSA) is 60.2 Å². The van der Waals surface area contributed by atoms with Crippen LogP contribution in [0, 0.1) is 17.2 Å². The van der Waals surface area contributed by atoms with Gasteiger partial charge in [-0.3, -0.25) is 9.48 Å². The second-order valence-electron chi connectivity index (χ2n) is 8.17. The summed E-state index contributed by atoms with van der Waals surface area (Å²) in [5.41, 5.74) is 1.65. The highest BCUT2D eigenvalue weighted by Crippen LogP contribution is 2.28. The molecule has 0 atom stereocenters. The lowest BCUT2D eigenvalue weighted by Crippen LogP contribution is -2.43. The molecule has 0 saturated carbocycles. The first-order valence-electron chi connectivity index (χ1n) is 9.52. The molecule has 7 heteroatoms. The van der Waals surface area contributed by atoms with Crippen molar-refractivity contribution in [3.63, 3.8) is 0 Å². The highest BCUT2D eigenvalue weighted by Gasteiger charge is 2.34. The molecule has 0 spiro atoms. The van der Waals surface area contributed by atoms with E-state index in [9.17, 15) is 9.18 Å². The Hall–Kier alpha value is -2.28. The van der Waals surface area contributed by atoms with Crippen LogP contribution in [0.1, 0.15) is 35.8 Å². The molecule has 2 aliphatic heterocycles.